The molecule has 3 aromatic rings. The molecule has 2 nitrogen and oxygen atoms in total. The molecule has 1 unspecified atom stereocenters. The van der Waals surface area contributed by atoms with Crippen LogP contribution in [0.2, 0.25) is 0 Å². The van der Waals surface area contributed by atoms with Gasteiger partial charge in [0.25, 0.3) is 0 Å². The van der Waals surface area contributed by atoms with E-state index in [0.717, 1.165) is 22.9 Å². The quantitative estimate of drug-likeness (QED) is 0.543. The summed E-state index contributed by atoms with van der Waals surface area (Å²) in [7, 11) is 0. The highest BCUT2D eigenvalue weighted by Crippen LogP contribution is 2.47. The molecule has 0 radical (unpaired) electrons. The lowest BCUT2D eigenvalue weighted by atomic mass is 9.98. The summed E-state index contributed by atoms with van der Waals surface area (Å²) in [5.74, 6) is 0. The van der Waals surface area contributed by atoms with E-state index >= 15 is 0 Å². The van der Waals surface area contributed by atoms with Crippen LogP contribution in [0.3, 0.4) is 0 Å². The van der Waals surface area contributed by atoms with Gasteiger partial charge in [-0.2, -0.15) is 5.26 Å². The summed E-state index contributed by atoms with van der Waals surface area (Å²) in [6.45, 7) is 0. The van der Waals surface area contributed by atoms with E-state index in [2.05, 4.69) is 63.3 Å². The lowest BCUT2D eigenvalue weighted by Gasteiger charge is -2.20. The SMILES string of the molecule is N#Cc1ccc(-c2ccc3c(c2)CC2Cc4cc(Br)ccc4N32)cc1. The van der Waals surface area contributed by atoms with Gasteiger partial charge in [-0.15, -0.1) is 0 Å². The molecule has 3 aromatic carbocycles. The zero-order chi connectivity index (χ0) is 17.0. The molecule has 0 saturated carbocycles. The van der Waals surface area contributed by atoms with Crippen LogP contribution in [0, 0.1) is 11.3 Å². The van der Waals surface area contributed by atoms with E-state index < -0.39 is 0 Å². The second kappa shape index (κ2) is 5.47. The molecule has 0 amide bonds. The molecule has 0 N–H and O–H groups in total. The molecular formula is C22H15BrN2. The fraction of sp³-hybridized carbons (Fsp3) is 0.136. The Morgan fingerprint density at radius 1 is 0.840 bits per heavy atom. The van der Waals surface area contributed by atoms with Crippen molar-refractivity contribution in [2.75, 3.05) is 4.90 Å². The first kappa shape index (κ1) is 14.7. The summed E-state index contributed by atoms with van der Waals surface area (Å²) in [6.07, 6.45) is 2.20. The molecule has 0 aromatic heterocycles. The van der Waals surface area contributed by atoms with E-state index in [0.29, 0.717) is 11.6 Å². The van der Waals surface area contributed by atoms with Crippen molar-refractivity contribution in [3.05, 3.63) is 81.8 Å². The molecule has 2 heterocycles. The summed E-state index contributed by atoms with van der Waals surface area (Å²) in [4.78, 5) is 2.50. The molecule has 2 aliphatic rings. The van der Waals surface area contributed by atoms with Gasteiger partial charge in [0.2, 0.25) is 0 Å². The molecule has 2 aliphatic heterocycles. The van der Waals surface area contributed by atoms with Crippen LogP contribution in [0.4, 0.5) is 11.4 Å². The number of nitriles is 1. The summed E-state index contributed by atoms with van der Waals surface area (Å²) in [6, 6.07) is 23.9. The molecule has 0 fully saturated rings. The molecule has 120 valence electrons. The first-order valence-electron chi connectivity index (χ1n) is 8.44. The number of nitrogens with zero attached hydrogens (tertiary/aromatic N) is 2. The van der Waals surface area contributed by atoms with Crippen LogP contribution in [0.25, 0.3) is 11.1 Å². The Labute approximate surface area is 155 Å². The van der Waals surface area contributed by atoms with Crippen molar-refractivity contribution in [1.82, 2.24) is 0 Å². The maximum absolute atomic E-state index is 8.96. The number of rotatable bonds is 1. The summed E-state index contributed by atoms with van der Waals surface area (Å²) in [5, 5.41) is 8.96. The standard InChI is InChI=1S/C22H15BrN2/c23-19-6-8-22-18(10-19)12-20-11-17-9-16(5-7-21(17)25(20)22)15-3-1-14(13-24)2-4-15/h1-10,20H,11-12H2. The third-order valence-corrected chi connectivity index (χ3v) is 5.76. The van der Waals surface area contributed by atoms with Crippen LogP contribution in [-0.4, -0.2) is 6.04 Å². The molecule has 3 heteroatoms. The topological polar surface area (TPSA) is 27.0 Å². The zero-order valence-electron chi connectivity index (χ0n) is 13.5. The lowest BCUT2D eigenvalue weighted by Crippen LogP contribution is -2.22. The Bertz CT molecular complexity index is 1030. The predicted octanol–water partition coefficient (Wildman–Crippen LogP) is 5.61. The maximum Gasteiger partial charge on any atom is 0.0991 e. The van der Waals surface area contributed by atoms with Crippen molar-refractivity contribution in [3.63, 3.8) is 0 Å². The summed E-state index contributed by atoms with van der Waals surface area (Å²) < 4.78 is 1.16. The predicted molar refractivity (Wildman–Crippen MR) is 104 cm³/mol. The minimum atomic E-state index is 0.538. The average Bonchev–Trinajstić information content (AvgIpc) is 3.16. The Morgan fingerprint density at radius 3 is 2.20 bits per heavy atom. The van der Waals surface area contributed by atoms with Crippen LogP contribution < -0.4 is 4.90 Å². The van der Waals surface area contributed by atoms with Crippen LogP contribution in [0.15, 0.2) is 65.1 Å². The molecule has 25 heavy (non-hydrogen) atoms. The van der Waals surface area contributed by atoms with Crippen LogP contribution in [0.1, 0.15) is 16.7 Å². The van der Waals surface area contributed by atoms with Crippen molar-refractivity contribution in [1.29, 1.82) is 5.26 Å². The molecule has 5 rings (SSSR count). The molecule has 0 saturated heterocycles. The third-order valence-electron chi connectivity index (χ3n) is 5.26. The Balaban J connectivity index is 1.54. The van der Waals surface area contributed by atoms with Crippen LogP contribution in [-0.2, 0) is 12.8 Å². The van der Waals surface area contributed by atoms with Gasteiger partial charge in [0.15, 0.2) is 0 Å². The first-order chi connectivity index (χ1) is 12.2. The first-order valence-corrected chi connectivity index (χ1v) is 9.23. The van der Waals surface area contributed by atoms with Gasteiger partial charge in [-0.3, -0.25) is 0 Å². The highest BCUT2D eigenvalue weighted by Gasteiger charge is 2.37. The molecule has 1 atom stereocenters. The van der Waals surface area contributed by atoms with E-state index in [1.165, 1.54) is 28.1 Å². The van der Waals surface area contributed by atoms with E-state index in [4.69, 9.17) is 5.26 Å². The van der Waals surface area contributed by atoms with Crippen LogP contribution in [0.5, 0.6) is 0 Å². The van der Waals surface area contributed by atoms with Gasteiger partial charge in [-0.1, -0.05) is 34.1 Å². The van der Waals surface area contributed by atoms with Gasteiger partial charge in [-0.05, 0) is 77.6 Å². The minimum absolute atomic E-state index is 0.538. The number of hydrogen-bond acceptors (Lipinski definition) is 2. The molecule has 0 spiro atoms. The monoisotopic (exact) mass is 386 g/mol. The zero-order valence-corrected chi connectivity index (χ0v) is 15.1. The van der Waals surface area contributed by atoms with Gasteiger partial charge in [0.1, 0.15) is 0 Å². The smallest absolute Gasteiger partial charge is 0.0991 e. The van der Waals surface area contributed by atoms with Crippen molar-refractivity contribution in [2.45, 2.75) is 18.9 Å². The lowest BCUT2D eigenvalue weighted by molar-refractivity contribution is 0.725. The summed E-state index contributed by atoms with van der Waals surface area (Å²) in [5.41, 5.74) is 8.62. The highest BCUT2D eigenvalue weighted by molar-refractivity contribution is 9.10. The van der Waals surface area contributed by atoms with Crippen LogP contribution >= 0.6 is 15.9 Å². The maximum atomic E-state index is 8.96. The van der Waals surface area contributed by atoms with E-state index in [1.54, 1.807) is 0 Å². The van der Waals surface area contributed by atoms with Gasteiger partial charge >= 0.3 is 0 Å². The average molecular weight is 387 g/mol. The Kier molecular flexibility index (Phi) is 3.23. The fourth-order valence-electron chi connectivity index (χ4n) is 4.14. The van der Waals surface area contributed by atoms with Crippen molar-refractivity contribution >= 4 is 27.3 Å². The second-order valence-electron chi connectivity index (χ2n) is 6.74. The number of anilines is 2. The van der Waals surface area contributed by atoms with Crippen molar-refractivity contribution in [2.24, 2.45) is 0 Å². The van der Waals surface area contributed by atoms with E-state index in [9.17, 15) is 0 Å². The second-order valence-corrected chi connectivity index (χ2v) is 7.65. The number of hydrogen-bond donors (Lipinski definition) is 0. The number of fused-ring (bicyclic) bond motifs is 5. The Hall–Kier alpha value is -2.57. The van der Waals surface area contributed by atoms with Gasteiger partial charge in [0.05, 0.1) is 11.6 Å². The minimum Gasteiger partial charge on any atom is -0.337 e. The van der Waals surface area contributed by atoms with Gasteiger partial charge < -0.3 is 4.90 Å². The number of halogens is 1. The van der Waals surface area contributed by atoms with Crippen molar-refractivity contribution in [3.8, 4) is 17.2 Å². The molecule has 0 bridgehead atoms. The molecular weight excluding hydrogens is 372 g/mol. The van der Waals surface area contributed by atoms with E-state index in [-0.39, 0.29) is 0 Å². The third kappa shape index (κ3) is 2.29. The fourth-order valence-corrected chi connectivity index (χ4v) is 4.55. The largest absolute Gasteiger partial charge is 0.337 e. The number of benzene rings is 3. The highest BCUT2D eigenvalue weighted by atomic mass is 79.9. The van der Waals surface area contributed by atoms with E-state index in [1.807, 2.05) is 24.3 Å². The summed E-state index contributed by atoms with van der Waals surface area (Å²) >= 11 is 3.58. The normalized spacial score (nSPS) is 17.0. The Morgan fingerprint density at radius 2 is 1.48 bits per heavy atom. The van der Waals surface area contributed by atoms with Crippen molar-refractivity contribution < 1.29 is 0 Å². The molecule has 0 aliphatic carbocycles. The van der Waals surface area contributed by atoms with Gasteiger partial charge in [-0.25, -0.2) is 0 Å². The van der Waals surface area contributed by atoms with Gasteiger partial charge in [0, 0.05) is 21.9 Å².